The Kier molecular flexibility index (Phi) is 3.92. The normalized spacial score (nSPS) is 15.5. The van der Waals surface area contributed by atoms with Gasteiger partial charge in [0.05, 0.1) is 12.5 Å². The minimum atomic E-state index is -2.51. The lowest BCUT2D eigenvalue weighted by Crippen LogP contribution is -2.54. The molecular weight excluding hydrogens is 254 g/mol. The van der Waals surface area contributed by atoms with Gasteiger partial charge in [0.25, 0.3) is 6.43 Å². The minimum absolute atomic E-state index is 0.261. The molecule has 5 nitrogen and oxygen atoms in total. The first-order valence-electron chi connectivity index (χ1n) is 6.09. The Hall–Kier alpha value is -1.79. The summed E-state index contributed by atoms with van der Waals surface area (Å²) in [6, 6.07) is 1.87. The van der Waals surface area contributed by atoms with Crippen LogP contribution in [-0.2, 0) is 4.79 Å². The molecule has 1 aromatic rings. The Labute approximate surface area is 110 Å². The smallest absolute Gasteiger partial charge is 0.255 e. The highest BCUT2D eigenvalue weighted by Crippen LogP contribution is 2.21. The molecule has 7 heteroatoms. The molecule has 0 aliphatic carbocycles. The van der Waals surface area contributed by atoms with Gasteiger partial charge in [-0.2, -0.15) is 0 Å². The van der Waals surface area contributed by atoms with Crippen LogP contribution in [0.25, 0.3) is 0 Å². The van der Waals surface area contributed by atoms with E-state index in [4.69, 9.17) is 0 Å². The summed E-state index contributed by atoms with van der Waals surface area (Å²) >= 11 is 0. The average molecular weight is 270 g/mol. The maximum Gasteiger partial charge on any atom is 0.255 e. The zero-order valence-electron chi connectivity index (χ0n) is 10.9. The van der Waals surface area contributed by atoms with Gasteiger partial charge in [0.15, 0.2) is 0 Å². The summed E-state index contributed by atoms with van der Waals surface area (Å²) in [5, 5.41) is 2.22. The fourth-order valence-electron chi connectivity index (χ4n) is 1.98. The van der Waals surface area contributed by atoms with Gasteiger partial charge in [-0.15, -0.1) is 0 Å². The Morgan fingerprint density at radius 2 is 2.00 bits per heavy atom. The van der Waals surface area contributed by atoms with Crippen LogP contribution in [0.4, 0.5) is 14.7 Å². The third-order valence-corrected chi connectivity index (χ3v) is 2.94. The highest BCUT2D eigenvalue weighted by Gasteiger charge is 2.34. The van der Waals surface area contributed by atoms with Crippen LogP contribution >= 0.6 is 0 Å². The first kappa shape index (κ1) is 13.6. The first-order valence-corrected chi connectivity index (χ1v) is 6.09. The van der Waals surface area contributed by atoms with E-state index in [-0.39, 0.29) is 11.8 Å². The molecule has 1 N–H and O–H groups in total. The zero-order valence-corrected chi connectivity index (χ0v) is 10.9. The van der Waals surface area contributed by atoms with E-state index in [9.17, 15) is 13.6 Å². The number of hydrogen-bond donors (Lipinski definition) is 1. The summed E-state index contributed by atoms with van der Waals surface area (Å²) in [5.41, 5.74) is 1.74. The summed E-state index contributed by atoms with van der Waals surface area (Å²) in [7, 11) is 0. The number of halogens is 2. The number of alkyl halides is 2. The van der Waals surface area contributed by atoms with E-state index in [1.165, 1.54) is 0 Å². The third-order valence-electron chi connectivity index (χ3n) is 2.94. The van der Waals surface area contributed by atoms with E-state index >= 15 is 0 Å². The molecule has 2 heterocycles. The van der Waals surface area contributed by atoms with E-state index in [0.717, 1.165) is 11.4 Å². The van der Waals surface area contributed by atoms with Gasteiger partial charge < -0.3 is 10.2 Å². The van der Waals surface area contributed by atoms with Gasteiger partial charge in [-0.3, -0.25) is 4.79 Å². The number of nitrogens with zero attached hydrogens (tertiary/aromatic N) is 3. The van der Waals surface area contributed by atoms with Gasteiger partial charge in [-0.05, 0) is 19.9 Å². The molecule has 2 rings (SSSR count). The summed E-state index contributed by atoms with van der Waals surface area (Å²) in [4.78, 5) is 22.0. The lowest BCUT2D eigenvalue weighted by Gasteiger charge is -2.38. The maximum absolute atomic E-state index is 12.0. The largest absolute Gasteiger partial charge is 0.350 e. The molecule has 0 spiro atoms. The van der Waals surface area contributed by atoms with Crippen molar-refractivity contribution in [1.29, 1.82) is 0 Å². The second-order valence-electron chi connectivity index (χ2n) is 4.69. The van der Waals surface area contributed by atoms with Crippen LogP contribution < -0.4 is 10.2 Å². The minimum Gasteiger partial charge on any atom is -0.350 e. The molecule has 1 aromatic heterocycles. The predicted octanol–water partition coefficient (Wildman–Crippen LogP) is 0.911. The van der Waals surface area contributed by atoms with Crippen molar-refractivity contribution in [3.05, 3.63) is 17.5 Å². The third kappa shape index (κ3) is 3.36. The van der Waals surface area contributed by atoms with Crippen LogP contribution in [0.1, 0.15) is 11.4 Å². The summed E-state index contributed by atoms with van der Waals surface area (Å²) in [5.74, 6) is -0.000460. The molecule has 0 atom stereocenters. The Bertz CT molecular complexity index is 455. The molecule has 1 fully saturated rings. The summed E-state index contributed by atoms with van der Waals surface area (Å²) in [6.07, 6.45) is -2.51. The van der Waals surface area contributed by atoms with Crippen LogP contribution in [0.3, 0.4) is 0 Å². The van der Waals surface area contributed by atoms with E-state index < -0.39 is 13.0 Å². The van der Waals surface area contributed by atoms with E-state index in [0.29, 0.717) is 19.0 Å². The van der Waals surface area contributed by atoms with Crippen molar-refractivity contribution in [2.45, 2.75) is 20.3 Å². The zero-order chi connectivity index (χ0) is 14.0. The fraction of sp³-hybridized carbons (Fsp3) is 0.583. The molecule has 0 bridgehead atoms. The van der Waals surface area contributed by atoms with E-state index in [1.807, 2.05) is 24.8 Å². The number of amides is 1. The van der Waals surface area contributed by atoms with Crippen molar-refractivity contribution in [2.75, 3.05) is 24.5 Å². The van der Waals surface area contributed by atoms with Gasteiger partial charge in [0, 0.05) is 24.5 Å². The number of aromatic nitrogens is 2. The molecule has 0 aromatic carbocycles. The lowest BCUT2D eigenvalue weighted by atomic mass is 10.00. The van der Waals surface area contributed by atoms with Crippen LogP contribution in [0.2, 0.25) is 0 Å². The summed E-state index contributed by atoms with van der Waals surface area (Å²) in [6.45, 7) is 4.11. The molecule has 1 saturated heterocycles. The molecule has 1 amide bonds. The fourth-order valence-corrected chi connectivity index (χ4v) is 1.98. The summed E-state index contributed by atoms with van der Waals surface area (Å²) < 4.78 is 23.9. The SMILES string of the molecule is Cc1cc(C)nc(N2CC(C(=O)NCC(F)F)C2)n1. The quantitative estimate of drug-likeness (QED) is 0.883. The number of hydrogen-bond acceptors (Lipinski definition) is 4. The number of anilines is 1. The number of aryl methyl sites for hydroxylation is 2. The maximum atomic E-state index is 12.0. The van der Waals surface area contributed by atoms with Gasteiger partial charge in [0.1, 0.15) is 0 Å². The Morgan fingerprint density at radius 1 is 1.42 bits per heavy atom. The molecule has 1 aliphatic rings. The molecular formula is C12H16F2N4O. The average Bonchev–Trinajstić information content (AvgIpc) is 2.22. The van der Waals surface area contributed by atoms with Crippen LogP contribution in [0.15, 0.2) is 6.07 Å². The van der Waals surface area contributed by atoms with Crippen LogP contribution in [0, 0.1) is 19.8 Å². The molecule has 0 radical (unpaired) electrons. The van der Waals surface area contributed by atoms with Crippen molar-refractivity contribution in [3.63, 3.8) is 0 Å². The predicted molar refractivity (Wildman–Crippen MR) is 66.2 cm³/mol. The van der Waals surface area contributed by atoms with Gasteiger partial charge >= 0.3 is 0 Å². The topological polar surface area (TPSA) is 58.1 Å². The second kappa shape index (κ2) is 5.46. The number of carbonyl (C=O) groups excluding carboxylic acids is 1. The monoisotopic (exact) mass is 270 g/mol. The Balaban J connectivity index is 1.87. The van der Waals surface area contributed by atoms with Crippen LogP contribution in [-0.4, -0.2) is 41.9 Å². The lowest BCUT2D eigenvalue weighted by molar-refractivity contribution is -0.126. The highest BCUT2D eigenvalue weighted by molar-refractivity contribution is 5.81. The number of rotatable bonds is 4. The van der Waals surface area contributed by atoms with Crippen molar-refractivity contribution in [1.82, 2.24) is 15.3 Å². The van der Waals surface area contributed by atoms with Gasteiger partial charge in [-0.25, -0.2) is 18.7 Å². The second-order valence-corrected chi connectivity index (χ2v) is 4.69. The standard InChI is InChI=1S/C12H16F2N4O/c1-7-3-8(2)17-12(16-7)18-5-9(6-18)11(19)15-4-10(13)14/h3,9-10H,4-6H2,1-2H3,(H,15,19). The number of carbonyl (C=O) groups is 1. The molecule has 104 valence electrons. The van der Waals surface area contributed by atoms with Crippen molar-refractivity contribution >= 4 is 11.9 Å². The highest BCUT2D eigenvalue weighted by atomic mass is 19.3. The molecule has 1 aliphatic heterocycles. The molecule has 19 heavy (non-hydrogen) atoms. The Morgan fingerprint density at radius 3 is 2.53 bits per heavy atom. The van der Waals surface area contributed by atoms with Crippen molar-refractivity contribution in [3.8, 4) is 0 Å². The van der Waals surface area contributed by atoms with Gasteiger partial charge in [-0.1, -0.05) is 0 Å². The van der Waals surface area contributed by atoms with Crippen LogP contribution in [0.5, 0.6) is 0 Å². The number of nitrogens with one attached hydrogen (secondary N) is 1. The van der Waals surface area contributed by atoms with Crippen molar-refractivity contribution < 1.29 is 13.6 Å². The first-order chi connectivity index (χ1) is 8.95. The van der Waals surface area contributed by atoms with Crippen molar-refractivity contribution in [2.24, 2.45) is 5.92 Å². The molecule has 0 saturated carbocycles. The molecule has 0 unspecified atom stereocenters. The van der Waals surface area contributed by atoms with E-state index in [1.54, 1.807) is 0 Å². The van der Waals surface area contributed by atoms with Gasteiger partial charge in [0.2, 0.25) is 11.9 Å². The van der Waals surface area contributed by atoms with E-state index in [2.05, 4.69) is 15.3 Å².